The molecule has 2 fully saturated rings. The maximum atomic E-state index is 12.2. The molecule has 5 nitrogen and oxygen atoms in total. The van der Waals surface area contributed by atoms with Crippen LogP contribution in [0.2, 0.25) is 0 Å². The molecule has 0 aromatic carbocycles. The highest BCUT2D eigenvalue weighted by molar-refractivity contribution is 5.85. The maximum Gasteiger partial charge on any atom is 0.242 e. The first-order chi connectivity index (χ1) is 9.20. The number of carbonyl (C=O) groups is 2. The Morgan fingerprint density at radius 2 is 1.79 bits per heavy atom. The van der Waals surface area contributed by atoms with Crippen LogP contribution in [0.15, 0.2) is 0 Å². The molecular formula is C14H25N3O2. The lowest BCUT2D eigenvalue weighted by Crippen LogP contribution is -2.45. The number of likely N-dealkylation sites (N-methyl/N-ethyl adjacent to an activating group) is 1. The van der Waals surface area contributed by atoms with Gasteiger partial charge in [0.1, 0.15) is 0 Å². The third-order valence-electron chi connectivity index (χ3n) is 4.16. The zero-order valence-corrected chi connectivity index (χ0v) is 11.9. The van der Waals surface area contributed by atoms with E-state index in [-0.39, 0.29) is 18.4 Å². The summed E-state index contributed by atoms with van der Waals surface area (Å²) in [4.78, 5) is 30.1. The molecule has 2 heterocycles. The zero-order valence-electron chi connectivity index (χ0n) is 11.9. The van der Waals surface area contributed by atoms with E-state index in [4.69, 9.17) is 0 Å². The molecule has 0 N–H and O–H groups in total. The van der Waals surface area contributed by atoms with Gasteiger partial charge in [-0.05, 0) is 25.8 Å². The van der Waals surface area contributed by atoms with Crippen molar-refractivity contribution in [3.8, 4) is 0 Å². The van der Waals surface area contributed by atoms with E-state index in [0.29, 0.717) is 13.0 Å². The number of carbonyl (C=O) groups excluding carboxylic acids is 2. The SMILES string of the molecule is CCN1CCC(=O)N(CC(=O)N2CCCCC2)CC1. The highest BCUT2D eigenvalue weighted by atomic mass is 16.2. The van der Waals surface area contributed by atoms with E-state index in [9.17, 15) is 9.59 Å². The summed E-state index contributed by atoms with van der Waals surface area (Å²) in [6.45, 7) is 7.48. The molecule has 108 valence electrons. The van der Waals surface area contributed by atoms with Crippen molar-refractivity contribution in [1.82, 2.24) is 14.7 Å². The minimum absolute atomic E-state index is 0.123. The van der Waals surface area contributed by atoms with Crippen LogP contribution in [-0.2, 0) is 9.59 Å². The van der Waals surface area contributed by atoms with E-state index >= 15 is 0 Å². The lowest BCUT2D eigenvalue weighted by Gasteiger charge is -2.29. The lowest BCUT2D eigenvalue weighted by molar-refractivity contribution is -0.140. The molecule has 0 saturated carbocycles. The molecule has 2 aliphatic heterocycles. The van der Waals surface area contributed by atoms with Crippen LogP contribution in [0.25, 0.3) is 0 Å². The van der Waals surface area contributed by atoms with E-state index < -0.39 is 0 Å². The van der Waals surface area contributed by atoms with Crippen molar-refractivity contribution in [3.05, 3.63) is 0 Å². The summed E-state index contributed by atoms with van der Waals surface area (Å²) in [6, 6.07) is 0. The van der Waals surface area contributed by atoms with Crippen molar-refractivity contribution in [1.29, 1.82) is 0 Å². The molecule has 0 bridgehead atoms. The van der Waals surface area contributed by atoms with Gasteiger partial charge in [-0.3, -0.25) is 9.59 Å². The zero-order chi connectivity index (χ0) is 13.7. The maximum absolute atomic E-state index is 12.2. The van der Waals surface area contributed by atoms with Crippen LogP contribution in [0.1, 0.15) is 32.6 Å². The van der Waals surface area contributed by atoms with Gasteiger partial charge in [0.05, 0.1) is 6.54 Å². The molecule has 2 saturated heterocycles. The summed E-state index contributed by atoms with van der Waals surface area (Å²) in [5, 5.41) is 0. The molecule has 2 aliphatic rings. The van der Waals surface area contributed by atoms with Crippen molar-refractivity contribution in [2.24, 2.45) is 0 Å². The summed E-state index contributed by atoms with van der Waals surface area (Å²) in [5.74, 6) is 0.249. The minimum atomic E-state index is 0.123. The van der Waals surface area contributed by atoms with E-state index in [0.717, 1.165) is 45.6 Å². The molecular weight excluding hydrogens is 242 g/mol. The van der Waals surface area contributed by atoms with Crippen molar-refractivity contribution >= 4 is 11.8 Å². The van der Waals surface area contributed by atoms with E-state index in [1.165, 1.54) is 6.42 Å². The summed E-state index contributed by atoms with van der Waals surface area (Å²) < 4.78 is 0. The van der Waals surface area contributed by atoms with Crippen LogP contribution in [-0.4, -0.2) is 72.3 Å². The second-order valence-electron chi connectivity index (χ2n) is 5.44. The molecule has 0 atom stereocenters. The van der Waals surface area contributed by atoms with E-state index in [1.54, 1.807) is 4.90 Å². The third-order valence-corrected chi connectivity index (χ3v) is 4.16. The van der Waals surface area contributed by atoms with Crippen LogP contribution < -0.4 is 0 Å². The molecule has 0 spiro atoms. The molecule has 19 heavy (non-hydrogen) atoms. The summed E-state index contributed by atoms with van der Waals surface area (Å²) >= 11 is 0. The summed E-state index contributed by atoms with van der Waals surface area (Å²) in [5.41, 5.74) is 0. The second-order valence-corrected chi connectivity index (χ2v) is 5.44. The topological polar surface area (TPSA) is 43.9 Å². The first kappa shape index (κ1) is 14.3. The first-order valence-corrected chi connectivity index (χ1v) is 7.48. The lowest BCUT2D eigenvalue weighted by atomic mass is 10.1. The molecule has 2 rings (SSSR count). The Morgan fingerprint density at radius 1 is 1.05 bits per heavy atom. The third kappa shape index (κ3) is 3.93. The van der Waals surface area contributed by atoms with Crippen molar-refractivity contribution in [2.75, 3.05) is 45.8 Å². The molecule has 5 heteroatoms. The number of piperidine rings is 1. The van der Waals surface area contributed by atoms with Gasteiger partial charge >= 0.3 is 0 Å². The second kappa shape index (κ2) is 6.89. The van der Waals surface area contributed by atoms with Crippen LogP contribution in [0.3, 0.4) is 0 Å². The van der Waals surface area contributed by atoms with E-state index in [2.05, 4.69) is 11.8 Å². The molecule has 0 aromatic heterocycles. The minimum Gasteiger partial charge on any atom is -0.341 e. The number of nitrogens with zero attached hydrogens (tertiary/aromatic N) is 3. The fourth-order valence-corrected chi connectivity index (χ4v) is 2.80. The monoisotopic (exact) mass is 267 g/mol. The number of amides is 2. The standard InChI is InChI=1S/C14H25N3O2/c1-2-15-9-6-13(18)17(11-10-15)12-14(19)16-7-4-3-5-8-16/h2-12H2,1H3. The van der Waals surface area contributed by atoms with Crippen molar-refractivity contribution in [3.63, 3.8) is 0 Å². The van der Waals surface area contributed by atoms with Gasteiger partial charge in [0.15, 0.2) is 0 Å². The highest BCUT2D eigenvalue weighted by Gasteiger charge is 2.24. The number of hydrogen-bond donors (Lipinski definition) is 0. The van der Waals surface area contributed by atoms with Gasteiger partial charge < -0.3 is 14.7 Å². The van der Waals surface area contributed by atoms with Gasteiger partial charge in [0, 0.05) is 39.1 Å². The average Bonchev–Trinajstić information content (AvgIpc) is 2.62. The predicted molar refractivity (Wildman–Crippen MR) is 73.7 cm³/mol. The molecule has 0 aliphatic carbocycles. The van der Waals surface area contributed by atoms with E-state index in [1.807, 2.05) is 4.90 Å². The normalized spacial score (nSPS) is 22.5. The largest absolute Gasteiger partial charge is 0.341 e. The van der Waals surface area contributed by atoms with Gasteiger partial charge in [0.25, 0.3) is 0 Å². The van der Waals surface area contributed by atoms with Crippen molar-refractivity contribution < 1.29 is 9.59 Å². The van der Waals surface area contributed by atoms with Gasteiger partial charge in [-0.15, -0.1) is 0 Å². The molecule has 2 amide bonds. The van der Waals surface area contributed by atoms with Crippen molar-refractivity contribution in [2.45, 2.75) is 32.6 Å². The van der Waals surface area contributed by atoms with Crippen LogP contribution in [0.4, 0.5) is 0 Å². The van der Waals surface area contributed by atoms with Gasteiger partial charge in [0.2, 0.25) is 11.8 Å². The molecule has 0 aromatic rings. The molecule has 0 radical (unpaired) electrons. The van der Waals surface area contributed by atoms with Gasteiger partial charge in [-0.25, -0.2) is 0 Å². The van der Waals surface area contributed by atoms with Crippen LogP contribution >= 0.6 is 0 Å². The summed E-state index contributed by atoms with van der Waals surface area (Å²) in [6.07, 6.45) is 3.96. The smallest absolute Gasteiger partial charge is 0.242 e. The van der Waals surface area contributed by atoms with Crippen LogP contribution in [0, 0.1) is 0 Å². The summed E-state index contributed by atoms with van der Waals surface area (Å²) in [7, 11) is 0. The number of hydrogen-bond acceptors (Lipinski definition) is 3. The Bertz CT molecular complexity index is 327. The van der Waals surface area contributed by atoms with Crippen LogP contribution in [0.5, 0.6) is 0 Å². The average molecular weight is 267 g/mol. The predicted octanol–water partition coefficient (Wildman–Crippen LogP) is 0.553. The highest BCUT2D eigenvalue weighted by Crippen LogP contribution is 2.10. The Morgan fingerprint density at radius 3 is 2.47 bits per heavy atom. The van der Waals surface area contributed by atoms with Gasteiger partial charge in [-0.1, -0.05) is 6.92 Å². The number of likely N-dealkylation sites (tertiary alicyclic amines) is 1. The first-order valence-electron chi connectivity index (χ1n) is 7.48. The Balaban J connectivity index is 1.86. The quantitative estimate of drug-likeness (QED) is 0.750. The Labute approximate surface area is 115 Å². The molecule has 0 unspecified atom stereocenters. The fourth-order valence-electron chi connectivity index (χ4n) is 2.80. The van der Waals surface area contributed by atoms with Gasteiger partial charge in [-0.2, -0.15) is 0 Å². The number of rotatable bonds is 3. The Hall–Kier alpha value is -1.10. The fraction of sp³-hybridized carbons (Fsp3) is 0.857. The Kier molecular flexibility index (Phi) is 5.19.